The average molecular weight is 226 g/mol. The maximum atomic E-state index is 11.9. The van der Waals surface area contributed by atoms with Crippen molar-refractivity contribution in [2.24, 2.45) is 0 Å². The highest BCUT2D eigenvalue weighted by molar-refractivity contribution is 5.82. The third kappa shape index (κ3) is 2.55. The van der Waals surface area contributed by atoms with Gasteiger partial charge in [-0.2, -0.15) is 0 Å². The molecule has 0 aromatic carbocycles. The Kier molecular flexibility index (Phi) is 3.22. The van der Waals surface area contributed by atoms with E-state index in [1.54, 1.807) is 0 Å². The van der Waals surface area contributed by atoms with E-state index in [9.17, 15) is 4.79 Å². The van der Waals surface area contributed by atoms with Crippen molar-refractivity contribution in [3.8, 4) is 0 Å². The van der Waals surface area contributed by atoms with Crippen molar-refractivity contribution >= 4 is 5.91 Å². The Bertz CT molecular complexity index is 278. The standard InChI is InChI=1S/C12H22N2O2/c1-9-11(15)14(7-6-13-9)8-10-4-5-12(2,3)16-10/h9-10,13H,4-8H2,1-3H3. The fourth-order valence-corrected chi connectivity index (χ4v) is 2.52. The van der Waals surface area contributed by atoms with Crippen LogP contribution in [-0.4, -0.2) is 48.2 Å². The molecule has 0 aromatic heterocycles. The topological polar surface area (TPSA) is 41.6 Å². The first-order valence-electron chi connectivity index (χ1n) is 6.18. The number of nitrogens with one attached hydrogen (secondary N) is 1. The summed E-state index contributed by atoms with van der Waals surface area (Å²) in [5.41, 5.74) is -0.00658. The molecule has 0 bridgehead atoms. The minimum absolute atomic E-state index is 0.00658. The molecule has 16 heavy (non-hydrogen) atoms. The van der Waals surface area contributed by atoms with E-state index in [-0.39, 0.29) is 23.7 Å². The van der Waals surface area contributed by atoms with Gasteiger partial charge in [0.15, 0.2) is 0 Å². The molecule has 0 aliphatic carbocycles. The minimum Gasteiger partial charge on any atom is -0.371 e. The van der Waals surface area contributed by atoms with E-state index in [0.717, 1.165) is 32.5 Å². The molecule has 2 fully saturated rings. The van der Waals surface area contributed by atoms with E-state index in [1.165, 1.54) is 0 Å². The van der Waals surface area contributed by atoms with Crippen molar-refractivity contribution in [1.82, 2.24) is 10.2 Å². The van der Waals surface area contributed by atoms with Gasteiger partial charge in [-0.25, -0.2) is 0 Å². The minimum atomic E-state index is -0.0387. The first-order valence-corrected chi connectivity index (χ1v) is 6.18. The summed E-state index contributed by atoms with van der Waals surface area (Å²) in [6.07, 6.45) is 2.38. The average Bonchev–Trinajstić information content (AvgIpc) is 2.53. The summed E-state index contributed by atoms with van der Waals surface area (Å²) < 4.78 is 5.92. The van der Waals surface area contributed by atoms with E-state index in [4.69, 9.17) is 4.74 Å². The highest BCUT2D eigenvalue weighted by atomic mass is 16.5. The number of amides is 1. The van der Waals surface area contributed by atoms with Crippen LogP contribution in [0.25, 0.3) is 0 Å². The van der Waals surface area contributed by atoms with Crippen LogP contribution in [0.15, 0.2) is 0 Å². The van der Waals surface area contributed by atoms with Gasteiger partial charge in [-0.3, -0.25) is 4.79 Å². The second kappa shape index (κ2) is 4.34. The highest BCUT2D eigenvalue weighted by Gasteiger charge is 2.34. The van der Waals surface area contributed by atoms with Crippen LogP contribution in [-0.2, 0) is 9.53 Å². The number of piperazine rings is 1. The Balaban J connectivity index is 1.88. The molecule has 0 aromatic rings. The molecule has 4 heteroatoms. The lowest BCUT2D eigenvalue weighted by Gasteiger charge is -2.33. The van der Waals surface area contributed by atoms with Gasteiger partial charge in [-0.05, 0) is 33.6 Å². The molecule has 4 nitrogen and oxygen atoms in total. The van der Waals surface area contributed by atoms with Crippen molar-refractivity contribution in [3.63, 3.8) is 0 Å². The normalized spacial score (nSPS) is 34.4. The Morgan fingerprint density at radius 2 is 2.31 bits per heavy atom. The molecule has 0 radical (unpaired) electrons. The predicted octanol–water partition coefficient (Wildman–Crippen LogP) is 0.764. The largest absolute Gasteiger partial charge is 0.371 e. The number of hydrogen-bond acceptors (Lipinski definition) is 3. The molecule has 0 saturated carbocycles. The van der Waals surface area contributed by atoms with Gasteiger partial charge < -0.3 is 15.0 Å². The number of carbonyl (C=O) groups excluding carboxylic acids is 1. The Morgan fingerprint density at radius 3 is 2.94 bits per heavy atom. The third-order valence-electron chi connectivity index (χ3n) is 3.49. The van der Waals surface area contributed by atoms with E-state index in [2.05, 4.69) is 19.2 Å². The molecule has 2 aliphatic heterocycles. The van der Waals surface area contributed by atoms with Gasteiger partial charge in [0.2, 0.25) is 5.91 Å². The zero-order valence-electron chi connectivity index (χ0n) is 10.5. The van der Waals surface area contributed by atoms with Gasteiger partial charge in [-0.1, -0.05) is 0 Å². The zero-order valence-corrected chi connectivity index (χ0v) is 10.5. The van der Waals surface area contributed by atoms with Gasteiger partial charge in [0.05, 0.1) is 17.7 Å². The van der Waals surface area contributed by atoms with Crippen LogP contribution >= 0.6 is 0 Å². The van der Waals surface area contributed by atoms with Crippen molar-refractivity contribution in [3.05, 3.63) is 0 Å². The van der Waals surface area contributed by atoms with Crippen LogP contribution < -0.4 is 5.32 Å². The molecule has 2 unspecified atom stereocenters. The van der Waals surface area contributed by atoms with Crippen molar-refractivity contribution in [2.45, 2.75) is 51.4 Å². The lowest BCUT2D eigenvalue weighted by atomic mass is 10.1. The Labute approximate surface area is 97.3 Å². The maximum absolute atomic E-state index is 11.9. The second-order valence-corrected chi connectivity index (χ2v) is 5.50. The summed E-state index contributed by atoms with van der Waals surface area (Å²) in [4.78, 5) is 13.8. The molecule has 1 N–H and O–H groups in total. The van der Waals surface area contributed by atoms with Gasteiger partial charge in [0, 0.05) is 19.6 Å². The van der Waals surface area contributed by atoms with Crippen LogP contribution in [0.4, 0.5) is 0 Å². The number of hydrogen-bond donors (Lipinski definition) is 1. The molecule has 2 saturated heterocycles. The maximum Gasteiger partial charge on any atom is 0.239 e. The predicted molar refractivity (Wildman–Crippen MR) is 62.2 cm³/mol. The van der Waals surface area contributed by atoms with Gasteiger partial charge in [0.1, 0.15) is 0 Å². The molecule has 0 spiro atoms. The fourth-order valence-electron chi connectivity index (χ4n) is 2.52. The fraction of sp³-hybridized carbons (Fsp3) is 0.917. The number of nitrogens with zero attached hydrogens (tertiary/aromatic N) is 1. The summed E-state index contributed by atoms with van der Waals surface area (Å²) in [7, 11) is 0. The summed E-state index contributed by atoms with van der Waals surface area (Å²) in [5, 5.41) is 3.17. The lowest BCUT2D eigenvalue weighted by molar-refractivity contribution is -0.137. The molecule has 1 amide bonds. The molecular formula is C12H22N2O2. The van der Waals surface area contributed by atoms with Crippen molar-refractivity contribution < 1.29 is 9.53 Å². The number of carbonyl (C=O) groups is 1. The lowest BCUT2D eigenvalue weighted by Crippen LogP contribution is -2.55. The van der Waals surface area contributed by atoms with Crippen molar-refractivity contribution in [2.75, 3.05) is 19.6 Å². The first kappa shape index (κ1) is 11.9. The van der Waals surface area contributed by atoms with Gasteiger partial charge in [0.25, 0.3) is 0 Å². The van der Waals surface area contributed by atoms with E-state index in [1.807, 2.05) is 11.8 Å². The van der Waals surface area contributed by atoms with Crippen LogP contribution in [0.3, 0.4) is 0 Å². The van der Waals surface area contributed by atoms with Crippen LogP contribution in [0.2, 0.25) is 0 Å². The van der Waals surface area contributed by atoms with E-state index in [0.29, 0.717) is 0 Å². The zero-order chi connectivity index (χ0) is 11.8. The Morgan fingerprint density at radius 1 is 1.56 bits per heavy atom. The molecule has 2 heterocycles. The molecule has 92 valence electrons. The van der Waals surface area contributed by atoms with E-state index < -0.39 is 0 Å². The summed E-state index contributed by atoms with van der Waals surface area (Å²) in [6, 6.07) is -0.0387. The quantitative estimate of drug-likeness (QED) is 0.756. The SMILES string of the molecule is CC1NCCN(CC2CCC(C)(C)O2)C1=O. The second-order valence-electron chi connectivity index (χ2n) is 5.50. The molecule has 2 atom stereocenters. The first-order chi connectivity index (χ1) is 7.48. The highest BCUT2D eigenvalue weighted by Crippen LogP contribution is 2.29. The summed E-state index contributed by atoms with van der Waals surface area (Å²) >= 11 is 0. The molecule has 2 aliphatic rings. The molecule has 2 rings (SSSR count). The monoisotopic (exact) mass is 226 g/mol. The third-order valence-corrected chi connectivity index (χ3v) is 3.49. The Hall–Kier alpha value is -0.610. The van der Waals surface area contributed by atoms with Crippen LogP contribution in [0.1, 0.15) is 33.6 Å². The number of ether oxygens (including phenoxy) is 1. The van der Waals surface area contributed by atoms with Crippen LogP contribution in [0.5, 0.6) is 0 Å². The summed E-state index contributed by atoms with van der Waals surface area (Å²) in [6.45, 7) is 8.62. The van der Waals surface area contributed by atoms with Crippen molar-refractivity contribution in [1.29, 1.82) is 0 Å². The smallest absolute Gasteiger partial charge is 0.239 e. The summed E-state index contributed by atoms with van der Waals surface area (Å²) in [5.74, 6) is 0.208. The van der Waals surface area contributed by atoms with Gasteiger partial charge >= 0.3 is 0 Å². The van der Waals surface area contributed by atoms with E-state index >= 15 is 0 Å². The molecular weight excluding hydrogens is 204 g/mol. The van der Waals surface area contributed by atoms with Crippen LogP contribution in [0, 0.1) is 0 Å². The number of rotatable bonds is 2. The van der Waals surface area contributed by atoms with Gasteiger partial charge in [-0.15, -0.1) is 0 Å².